The molecule has 4 nitrogen and oxygen atoms in total. The van der Waals surface area contributed by atoms with Crippen molar-refractivity contribution in [1.82, 2.24) is 0 Å². The number of furan rings is 1. The number of fused-ring (bicyclic) bond motifs is 12. The Balaban J connectivity index is 1.19. The molecule has 77 heavy (non-hydrogen) atoms. The van der Waals surface area contributed by atoms with Crippen molar-refractivity contribution in [3.63, 3.8) is 0 Å². The van der Waals surface area contributed by atoms with Crippen LogP contribution < -0.4 is 25.5 Å². The van der Waals surface area contributed by atoms with Gasteiger partial charge >= 0.3 is 6.85 Å². The summed E-state index contributed by atoms with van der Waals surface area (Å²) in [5.74, 6) is 0. The van der Waals surface area contributed by atoms with Crippen LogP contribution in [-0.2, 0) is 27.1 Å². The molecule has 0 bridgehead atoms. The first-order valence-electron chi connectivity index (χ1n) is 28.8. The van der Waals surface area contributed by atoms with Gasteiger partial charge in [0.15, 0.2) is 0 Å². The zero-order chi connectivity index (χ0) is 53.3. The highest BCUT2D eigenvalue weighted by Crippen LogP contribution is 2.64. The van der Waals surface area contributed by atoms with Crippen molar-refractivity contribution in [3.05, 3.63) is 186 Å². The first-order chi connectivity index (χ1) is 36.7. The van der Waals surface area contributed by atoms with Gasteiger partial charge in [-0.25, -0.2) is 0 Å². The number of nitrogens with zero attached hydrogens (tertiary/aromatic N) is 3. The van der Waals surface area contributed by atoms with Crippen molar-refractivity contribution in [2.24, 2.45) is 0 Å². The van der Waals surface area contributed by atoms with Crippen LogP contribution in [0.2, 0.25) is 0 Å². The maximum atomic E-state index is 7.32. The van der Waals surface area contributed by atoms with E-state index >= 15 is 0 Å². The summed E-state index contributed by atoms with van der Waals surface area (Å²) in [5.41, 5.74) is 25.0. The van der Waals surface area contributed by atoms with Crippen molar-refractivity contribution in [2.45, 2.75) is 154 Å². The number of anilines is 7. The Bertz CT molecular complexity index is 3850. The van der Waals surface area contributed by atoms with Crippen molar-refractivity contribution in [2.75, 3.05) is 14.6 Å². The Hall–Kier alpha value is -6.98. The molecule has 2 unspecified atom stereocenters. The van der Waals surface area contributed by atoms with Crippen LogP contribution in [0.3, 0.4) is 0 Å². The van der Waals surface area contributed by atoms with Gasteiger partial charge in [-0.2, -0.15) is 0 Å². The van der Waals surface area contributed by atoms with Crippen LogP contribution in [0.5, 0.6) is 0 Å². The molecule has 0 N–H and O–H groups in total. The van der Waals surface area contributed by atoms with Gasteiger partial charge in [0.2, 0.25) is 0 Å². The van der Waals surface area contributed by atoms with Crippen LogP contribution in [0.15, 0.2) is 162 Å². The molecule has 4 heterocycles. The van der Waals surface area contributed by atoms with E-state index in [0.717, 1.165) is 47.5 Å². The molecule has 3 aliphatic heterocycles. The second-order valence-electron chi connectivity index (χ2n) is 27.5. The standard InChI is InChI=1S/C72H74BN3O/c1-67(2,3)46-30-32-59(51(38-46)45-24-16-13-17-25-45)75-60-42-50(74(48-26-18-14-19-27-48)49-28-20-15-21-29-49)41-52-53-39-47(68(4,5)6)40-57-65(53)76(72(12)35-23-22-34-71(57,72)11)73(64(52)60)58-31-33-61-63(66(58)75)54-43-55-56(44-62(54)77-61)70(9,10)37-36-69(55,7)8/h13-21,24-33,38-44H,22-23,34-37H2,1-12H3. The molecule has 0 amide bonds. The summed E-state index contributed by atoms with van der Waals surface area (Å²) in [6.07, 6.45) is 7.05. The Morgan fingerprint density at radius 3 is 1.75 bits per heavy atom. The van der Waals surface area contributed by atoms with Gasteiger partial charge in [-0.05, 0) is 177 Å². The third kappa shape index (κ3) is 6.90. The predicted octanol–water partition coefficient (Wildman–Crippen LogP) is 18.6. The summed E-state index contributed by atoms with van der Waals surface area (Å²) in [4.78, 5) is 8.22. The number of rotatable bonds is 5. The van der Waals surface area contributed by atoms with Gasteiger partial charge in [0, 0.05) is 55.9 Å². The lowest BCUT2D eigenvalue weighted by Crippen LogP contribution is -2.70. The van der Waals surface area contributed by atoms with E-state index in [0.29, 0.717) is 0 Å². The smallest absolute Gasteiger partial charge is 0.328 e. The maximum absolute atomic E-state index is 7.32. The molecule has 2 aliphatic carbocycles. The molecule has 8 aromatic carbocycles. The quantitative estimate of drug-likeness (QED) is 0.160. The molecule has 9 aromatic rings. The highest BCUT2D eigenvalue weighted by Gasteiger charge is 2.63. The topological polar surface area (TPSA) is 22.9 Å². The van der Waals surface area contributed by atoms with Crippen LogP contribution in [0.1, 0.15) is 149 Å². The van der Waals surface area contributed by atoms with Gasteiger partial charge in [-0.1, -0.05) is 174 Å². The highest BCUT2D eigenvalue weighted by molar-refractivity contribution is 6.93. The SMILES string of the molecule is CC(C)(C)c1ccc(N2c3cc(N(c4ccccc4)c4ccccc4)cc4c3B(c3ccc5oc6cc7c(cc6c5c32)C(C)(C)CCC7(C)C)N2c3c-4cc(C(C)(C)C)cc3C3(C)CCCCC23C)c(-c2ccccc2)c1. The number of benzene rings is 8. The first-order valence-corrected chi connectivity index (χ1v) is 28.8. The molecule has 2 atom stereocenters. The molecule has 1 fully saturated rings. The average Bonchev–Trinajstić information content (AvgIpc) is 4.06. The van der Waals surface area contributed by atoms with Crippen LogP contribution in [0, 0.1) is 0 Å². The van der Waals surface area contributed by atoms with E-state index in [1.165, 1.54) is 114 Å². The van der Waals surface area contributed by atoms with Crippen molar-refractivity contribution in [3.8, 4) is 22.3 Å². The van der Waals surface area contributed by atoms with Gasteiger partial charge in [0.05, 0.1) is 16.8 Å². The second kappa shape index (κ2) is 16.3. The second-order valence-corrected chi connectivity index (χ2v) is 27.5. The van der Waals surface area contributed by atoms with Gasteiger partial charge < -0.3 is 19.0 Å². The summed E-state index contributed by atoms with van der Waals surface area (Å²) in [6.45, 7) is 29.2. The zero-order valence-electron chi connectivity index (χ0n) is 47.6. The van der Waals surface area contributed by atoms with E-state index in [-0.39, 0.29) is 39.5 Å². The Labute approximate surface area is 458 Å². The summed E-state index contributed by atoms with van der Waals surface area (Å²) < 4.78 is 7.32. The third-order valence-electron chi connectivity index (χ3n) is 19.9. The number of hydrogen-bond donors (Lipinski definition) is 0. The summed E-state index contributed by atoms with van der Waals surface area (Å²) in [7, 11) is 0. The van der Waals surface area contributed by atoms with Gasteiger partial charge in [0.1, 0.15) is 11.2 Å². The van der Waals surface area contributed by atoms with E-state index in [4.69, 9.17) is 4.42 Å². The van der Waals surface area contributed by atoms with E-state index in [1.807, 2.05) is 0 Å². The first kappa shape index (κ1) is 48.4. The van der Waals surface area contributed by atoms with Gasteiger partial charge in [-0.15, -0.1) is 0 Å². The fourth-order valence-electron chi connectivity index (χ4n) is 15.2. The van der Waals surface area contributed by atoms with E-state index in [1.54, 1.807) is 0 Å². The minimum Gasteiger partial charge on any atom is -0.456 e. The van der Waals surface area contributed by atoms with E-state index in [2.05, 4.69) is 255 Å². The molecule has 0 spiro atoms. The van der Waals surface area contributed by atoms with Crippen LogP contribution >= 0.6 is 0 Å². The fraction of sp³-hybridized carbons (Fsp3) is 0.333. The van der Waals surface area contributed by atoms with E-state index < -0.39 is 0 Å². The van der Waals surface area contributed by atoms with Crippen molar-refractivity contribution in [1.29, 1.82) is 0 Å². The van der Waals surface area contributed by atoms with Crippen molar-refractivity contribution >= 4 is 79.5 Å². The third-order valence-corrected chi connectivity index (χ3v) is 19.9. The van der Waals surface area contributed by atoms with Crippen LogP contribution in [-0.4, -0.2) is 12.4 Å². The summed E-state index contributed by atoms with van der Waals surface area (Å²) in [5, 5.41) is 2.40. The monoisotopic (exact) mass is 1010 g/mol. The number of para-hydroxylation sites is 2. The molecule has 0 saturated heterocycles. The zero-order valence-corrected chi connectivity index (χ0v) is 47.6. The van der Waals surface area contributed by atoms with Crippen molar-refractivity contribution < 1.29 is 4.42 Å². The minimum absolute atomic E-state index is 0.0140. The molecular formula is C72H74BN3O. The fourth-order valence-corrected chi connectivity index (χ4v) is 15.2. The molecule has 1 saturated carbocycles. The number of hydrogen-bond acceptors (Lipinski definition) is 4. The highest BCUT2D eigenvalue weighted by atomic mass is 16.3. The molecule has 5 aliphatic rings. The van der Waals surface area contributed by atoms with Crippen LogP contribution in [0.25, 0.3) is 44.2 Å². The molecule has 1 aromatic heterocycles. The maximum Gasteiger partial charge on any atom is 0.328 e. The van der Waals surface area contributed by atoms with Gasteiger partial charge in [-0.3, -0.25) is 0 Å². The molecule has 14 rings (SSSR count). The average molecular weight is 1010 g/mol. The lowest BCUT2D eigenvalue weighted by Gasteiger charge is -2.55. The lowest BCUT2D eigenvalue weighted by molar-refractivity contribution is 0.199. The minimum atomic E-state index is -0.150. The normalized spacial score (nSPS) is 20.6. The Kier molecular flexibility index (Phi) is 10.2. The van der Waals surface area contributed by atoms with E-state index in [9.17, 15) is 0 Å². The Morgan fingerprint density at radius 2 is 1.10 bits per heavy atom. The Morgan fingerprint density at radius 1 is 0.494 bits per heavy atom. The molecule has 5 heteroatoms. The lowest BCUT2D eigenvalue weighted by atomic mass is 9.42. The summed E-state index contributed by atoms with van der Waals surface area (Å²) >= 11 is 0. The van der Waals surface area contributed by atoms with Gasteiger partial charge in [0.25, 0.3) is 0 Å². The predicted molar refractivity (Wildman–Crippen MR) is 328 cm³/mol. The molecule has 0 radical (unpaired) electrons. The largest absolute Gasteiger partial charge is 0.456 e. The van der Waals surface area contributed by atoms with Crippen LogP contribution in [0.4, 0.5) is 39.8 Å². The summed E-state index contributed by atoms with van der Waals surface area (Å²) in [6, 6.07) is 60.8. The molecular weight excluding hydrogens is 934 g/mol. The molecule has 386 valence electrons.